The average molecular weight is 544 g/mol. The van der Waals surface area contributed by atoms with Gasteiger partial charge in [0.05, 0.1) is 28.6 Å². The maximum absolute atomic E-state index is 13.9. The quantitative estimate of drug-likeness (QED) is 0.354. The van der Waals surface area contributed by atoms with Gasteiger partial charge < -0.3 is 15.5 Å². The topological polar surface area (TPSA) is 77.0 Å². The van der Waals surface area contributed by atoms with Gasteiger partial charge in [-0.05, 0) is 61.5 Å². The lowest BCUT2D eigenvalue weighted by molar-refractivity contribution is -0.122. The second kappa shape index (κ2) is 11.4. The standard InChI is InChI=1S/C29H29N5O2S2/c1-4-30-22-17-20(26(35)31-5-2)15-16-21(22)32-29-34(18-19-11-7-6-8-12-19)27(36)25(38-29)28-33(3)23-13-9-10-14-24(23)37-28/h6-17,30H,4-5,18H2,1-3H3,(H,31,35)/b28-25-,32-29-. The summed E-state index contributed by atoms with van der Waals surface area (Å²) in [5.74, 6) is -0.196. The summed E-state index contributed by atoms with van der Waals surface area (Å²) in [5, 5.41) is 7.68. The number of amidine groups is 1. The first kappa shape index (κ1) is 25.9. The molecule has 5 rings (SSSR count). The van der Waals surface area contributed by atoms with Crippen molar-refractivity contribution in [1.82, 2.24) is 10.2 Å². The molecule has 2 amide bonds. The lowest BCUT2D eigenvalue weighted by Crippen LogP contribution is -2.29. The van der Waals surface area contributed by atoms with Gasteiger partial charge in [-0.3, -0.25) is 14.5 Å². The fourth-order valence-electron chi connectivity index (χ4n) is 4.30. The molecule has 0 bridgehead atoms. The fraction of sp³-hybridized carbons (Fsp3) is 0.207. The number of para-hydroxylation sites is 1. The molecule has 2 N–H and O–H groups in total. The van der Waals surface area contributed by atoms with E-state index in [1.807, 2.05) is 75.5 Å². The van der Waals surface area contributed by atoms with Crippen molar-refractivity contribution in [1.29, 1.82) is 0 Å². The molecule has 0 saturated carbocycles. The molecule has 0 aliphatic carbocycles. The molecule has 3 aromatic rings. The first-order chi connectivity index (χ1) is 18.5. The van der Waals surface area contributed by atoms with Gasteiger partial charge in [0.1, 0.15) is 4.91 Å². The molecule has 2 heterocycles. The van der Waals surface area contributed by atoms with E-state index in [0.717, 1.165) is 26.9 Å². The first-order valence-electron chi connectivity index (χ1n) is 12.5. The van der Waals surface area contributed by atoms with Crippen LogP contribution in [0.25, 0.3) is 0 Å². The van der Waals surface area contributed by atoms with Crippen molar-refractivity contribution in [3.63, 3.8) is 0 Å². The molecule has 0 radical (unpaired) electrons. The van der Waals surface area contributed by atoms with E-state index in [-0.39, 0.29) is 11.8 Å². The van der Waals surface area contributed by atoms with Crippen LogP contribution in [0.15, 0.2) is 92.6 Å². The SMILES string of the molecule is CCNC(=O)c1ccc(/N=C2\S/C(=C3\Sc4ccccc4N3C)C(=O)N2Cc2ccccc2)c(NCC)c1. The Labute approximate surface area is 231 Å². The third-order valence-corrected chi connectivity index (χ3v) is 8.59. The summed E-state index contributed by atoms with van der Waals surface area (Å²) < 4.78 is 0. The molecule has 9 heteroatoms. The van der Waals surface area contributed by atoms with Crippen molar-refractivity contribution >= 4 is 57.6 Å². The Morgan fingerprint density at radius 3 is 2.45 bits per heavy atom. The highest BCUT2D eigenvalue weighted by molar-refractivity contribution is 8.19. The Balaban J connectivity index is 1.56. The van der Waals surface area contributed by atoms with E-state index >= 15 is 0 Å². The molecule has 194 valence electrons. The van der Waals surface area contributed by atoms with Crippen molar-refractivity contribution in [2.24, 2.45) is 4.99 Å². The van der Waals surface area contributed by atoms with Crippen LogP contribution in [0.3, 0.4) is 0 Å². The average Bonchev–Trinajstić information content (AvgIpc) is 3.42. The molecule has 1 fully saturated rings. The number of benzene rings is 3. The highest BCUT2D eigenvalue weighted by Gasteiger charge is 2.39. The number of nitrogens with zero attached hydrogens (tertiary/aromatic N) is 3. The molecule has 7 nitrogen and oxygen atoms in total. The summed E-state index contributed by atoms with van der Waals surface area (Å²) in [5.41, 5.74) is 4.10. The number of hydrogen-bond donors (Lipinski definition) is 2. The Hall–Kier alpha value is -3.69. The fourth-order valence-corrected chi connectivity index (χ4v) is 6.63. The van der Waals surface area contributed by atoms with Crippen LogP contribution in [0.4, 0.5) is 17.1 Å². The summed E-state index contributed by atoms with van der Waals surface area (Å²) in [6.07, 6.45) is 0. The van der Waals surface area contributed by atoms with Crippen LogP contribution in [0.2, 0.25) is 0 Å². The monoisotopic (exact) mass is 543 g/mol. The van der Waals surface area contributed by atoms with Crippen molar-refractivity contribution in [2.75, 3.05) is 30.4 Å². The van der Waals surface area contributed by atoms with Crippen LogP contribution in [-0.2, 0) is 11.3 Å². The van der Waals surface area contributed by atoms with Gasteiger partial charge in [-0.25, -0.2) is 4.99 Å². The number of nitrogens with one attached hydrogen (secondary N) is 2. The summed E-state index contributed by atoms with van der Waals surface area (Å²) in [6, 6.07) is 23.5. The van der Waals surface area contributed by atoms with Gasteiger partial charge in [0, 0.05) is 30.6 Å². The summed E-state index contributed by atoms with van der Waals surface area (Å²) in [6.45, 7) is 5.53. The Morgan fingerprint density at radius 2 is 1.71 bits per heavy atom. The number of fused-ring (bicyclic) bond motifs is 1. The minimum atomic E-state index is -0.130. The van der Waals surface area contributed by atoms with E-state index in [1.165, 1.54) is 11.8 Å². The number of aliphatic imine (C=N–C) groups is 1. The van der Waals surface area contributed by atoms with E-state index in [9.17, 15) is 9.59 Å². The Bertz CT molecular complexity index is 1440. The molecular formula is C29H29N5O2S2. The van der Waals surface area contributed by atoms with Gasteiger partial charge in [0.15, 0.2) is 5.17 Å². The van der Waals surface area contributed by atoms with Crippen molar-refractivity contribution in [3.05, 3.63) is 93.9 Å². The molecule has 38 heavy (non-hydrogen) atoms. The van der Waals surface area contributed by atoms with E-state index in [2.05, 4.69) is 27.7 Å². The molecule has 0 unspecified atom stereocenters. The van der Waals surface area contributed by atoms with E-state index in [4.69, 9.17) is 4.99 Å². The normalized spacial score (nSPS) is 17.8. The van der Waals surface area contributed by atoms with Crippen LogP contribution in [0.5, 0.6) is 0 Å². The second-order valence-electron chi connectivity index (χ2n) is 8.76. The predicted octanol–water partition coefficient (Wildman–Crippen LogP) is 6.04. The molecular weight excluding hydrogens is 514 g/mol. The number of rotatable bonds is 7. The number of hydrogen-bond acceptors (Lipinski definition) is 7. The van der Waals surface area contributed by atoms with E-state index in [1.54, 1.807) is 22.7 Å². The van der Waals surface area contributed by atoms with Gasteiger partial charge in [-0.15, -0.1) is 0 Å². The summed E-state index contributed by atoms with van der Waals surface area (Å²) in [4.78, 5) is 36.9. The molecule has 2 aliphatic heterocycles. The van der Waals surface area contributed by atoms with Gasteiger partial charge >= 0.3 is 0 Å². The van der Waals surface area contributed by atoms with Crippen LogP contribution < -0.4 is 15.5 Å². The van der Waals surface area contributed by atoms with Crippen molar-refractivity contribution < 1.29 is 9.59 Å². The smallest absolute Gasteiger partial charge is 0.269 e. The zero-order chi connectivity index (χ0) is 26.6. The van der Waals surface area contributed by atoms with E-state index in [0.29, 0.717) is 41.0 Å². The van der Waals surface area contributed by atoms with Crippen LogP contribution in [-0.4, -0.2) is 42.0 Å². The van der Waals surface area contributed by atoms with Crippen LogP contribution in [0, 0.1) is 0 Å². The summed E-state index contributed by atoms with van der Waals surface area (Å²) >= 11 is 3.00. The molecule has 2 aliphatic rings. The second-order valence-corrected chi connectivity index (χ2v) is 10.8. The first-order valence-corrected chi connectivity index (χ1v) is 14.2. The third-order valence-electron chi connectivity index (χ3n) is 6.16. The maximum Gasteiger partial charge on any atom is 0.269 e. The molecule has 1 saturated heterocycles. The zero-order valence-corrected chi connectivity index (χ0v) is 23.2. The lowest BCUT2D eigenvalue weighted by atomic mass is 10.1. The molecule has 3 aromatic carbocycles. The molecule has 0 aromatic heterocycles. The minimum absolute atomic E-state index is 0.0660. The number of carbonyl (C=O) groups is 2. The zero-order valence-electron chi connectivity index (χ0n) is 21.5. The third kappa shape index (κ3) is 5.16. The lowest BCUT2D eigenvalue weighted by Gasteiger charge is -2.17. The number of carbonyl (C=O) groups excluding carboxylic acids is 2. The Kier molecular flexibility index (Phi) is 7.76. The number of anilines is 2. The van der Waals surface area contributed by atoms with Crippen LogP contribution in [0.1, 0.15) is 29.8 Å². The number of amides is 2. The van der Waals surface area contributed by atoms with Gasteiger partial charge in [-0.1, -0.05) is 54.2 Å². The molecule has 0 spiro atoms. The molecule has 0 atom stereocenters. The van der Waals surface area contributed by atoms with Crippen LogP contribution >= 0.6 is 23.5 Å². The highest BCUT2D eigenvalue weighted by Crippen LogP contribution is 2.50. The summed E-state index contributed by atoms with van der Waals surface area (Å²) in [7, 11) is 2.00. The van der Waals surface area contributed by atoms with Crippen molar-refractivity contribution in [2.45, 2.75) is 25.3 Å². The van der Waals surface area contributed by atoms with Gasteiger partial charge in [-0.2, -0.15) is 0 Å². The van der Waals surface area contributed by atoms with E-state index < -0.39 is 0 Å². The van der Waals surface area contributed by atoms with Crippen molar-refractivity contribution in [3.8, 4) is 0 Å². The minimum Gasteiger partial charge on any atom is -0.384 e. The Morgan fingerprint density at radius 1 is 0.947 bits per heavy atom. The van der Waals surface area contributed by atoms with Gasteiger partial charge in [0.2, 0.25) is 0 Å². The largest absolute Gasteiger partial charge is 0.384 e. The maximum atomic E-state index is 13.9. The predicted molar refractivity (Wildman–Crippen MR) is 158 cm³/mol. The highest BCUT2D eigenvalue weighted by atomic mass is 32.2. The van der Waals surface area contributed by atoms with Gasteiger partial charge in [0.25, 0.3) is 11.8 Å². The number of thioether (sulfide) groups is 2.